The number of para-hydroxylation sites is 1. The third-order valence-electron chi connectivity index (χ3n) is 3.51. The average Bonchev–Trinajstić information content (AvgIpc) is 2.73. The molecule has 0 bridgehead atoms. The summed E-state index contributed by atoms with van der Waals surface area (Å²) in [7, 11) is 1.43. The van der Waals surface area contributed by atoms with Crippen LogP contribution in [-0.2, 0) is 14.4 Å². The molecule has 1 aliphatic rings. The molecule has 1 atom stereocenters. The number of urea groups is 1. The number of alkyl halides is 3. The van der Waals surface area contributed by atoms with Crippen molar-refractivity contribution in [2.75, 3.05) is 32.1 Å². The van der Waals surface area contributed by atoms with E-state index in [9.17, 15) is 32.3 Å². The summed E-state index contributed by atoms with van der Waals surface area (Å²) < 4.78 is 37.3. The molecule has 2 N–H and O–H groups in total. The van der Waals surface area contributed by atoms with E-state index in [1.807, 2.05) is 0 Å². The molecule has 0 radical (unpaired) electrons. The lowest BCUT2D eigenvalue weighted by Gasteiger charge is -2.20. The van der Waals surface area contributed by atoms with Crippen molar-refractivity contribution >= 4 is 41.0 Å². The zero-order valence-electron chi connectivity index (χ0n) is 14.0. The average molecular weight is 408 g/mol. The van der Waals surface area contributed by atoms with Crippen LogP contribution in [0, 0.1) is 0 Å². The molecule has 0 spiro atoms. The molecule has 8 nitrogen and oxygen atoms in total. The first kappa shape index (κ1) is 20.6. The van der Waals surface area contributed by atoms with Gasteiger partial charge in [-0.1, -0.05) is 23.7 Å². The van der Waals surface area contributed by atoms with E-state index in [-0.39, 0.29) is 11.4 Å². The summed E-state index contributed by atoms with van der Waals surface area (Å²) in [4.78, 5) is 47.9. The second kappa shape index (κ2) is 7.92. The van der Waals surface area contributed by atoms with Gasteiger partial charge in [0, 0.05) is 0 Å². The minimum Gasteiger partial charge on any atom is -0.320 e. The Bertz CT molecular complexity index is 787. The van der Waals surface area contributed by atoms with Crippen LogP contribution in [0.2, 0.25) is 5.02 Å². The van der Waals surface area contributed by atoms with Crippen molar-refractivity contribution in [2.45, 2.75) is 6.18 Å². The lowest BCUT2D eigenvalue weighted by molar-refractivity contribution is -0.878. The van der Waals surface area contributed by atoms with E-state index in [1.165, 1.54) is 7.05 Å². The lowest BCUT2D eigenvalue weighted by atomic mass is 10.3. The molecule has 146 valence electrons. The fraction of sp³-hybridized carbons (Fsp3) is 0.333. The Hall–Kier alpha value is -2.66. The van der Waals surface area contributed by atoms with Gasteiger partial charge in [0.1, 0.15) is 6.54 Å². The van der Waals surface area contributed by atoms with Crippen LogP contribution >= 0.6 is 11.6 Å². The lowest BCUT2D eigenvalue weighted by Crippen LogP contribution is -3.11. The monoisotopic (exact) mass is 407 g/mol. The SMILES string of the molecule is C[NH+](CC(=O)Nc1ccccc1Cl)CN1C(=O)C(=O)N(CC(F)(F)F)C1=O. The Kier molecular flexibility index (Phi) is 6.06. The van der Waals surface area contributed by atoms with E-state index in [4.69, 9.17) is 11.6 Å². The number of hydrogen-bond acceptors (Lipinski definition) is 4. The Morgan fingerprint density at radius 3 is 2.33 bits per heavy atom. The molecule has 1 aromatic carbocycles. The molecule has 0 saturated carbocycles. The van der Waals surface area contributed by atoms with Crippen molar-refractivity contribution in [3.05, 3.63) is 29.3 Å². The molecule has 1 aliphatic heterocycles. The molecule has 0 aromatic heterocycles. The van der Waals surface area contributed by atoms with Crippen molar-refractivity contribution in [3.8, 4) is 0 Å². The van der Waals surface area contributed by atoms with E-state index in [2.05, 4.69) is 5.32 Å². The molecule has 1 unspecified atom stereocenters. The van der Waals surface area contributed by atoms with Gasteiger partial charge in [0.25, 0.3) is 5.91 Å². The van der Waals surface area contributed by atoms with Gasteiger partial charge in [-0.05, 0) is 12.1 Å². The summed E-state index contributed by atoms with van der Waals surface area (Å²) >= 11 is 5.91. The van der Waals surface area contributed by atoms with Gasteiger partial charge in [-0.2, -0.15) is 13.2 Å². The first-order valence-electron chi connectivity index (χ1n) is 7.59. The van der Waals surface area contributed by atoms with Gasteiger partial charge in [0.15, 0.2) is 13.2 Å². The van der Waals surface area contributed by atoms with Crippen molar-refractivity contribution in [1.82, 2.24) is 9.80 Å². The van der Waals surface area contributed by atoms with Gasteiger partial charge >= 0.3 is 24.0 Å². The molecular formula is C15H15ClF3N4O4+. The number of rotatable bonds is 6. The normalized spacial score (nSPS) is 16.1. The number of likely N-dealkylation sites (N-methyl/N-ethyl adjacent to an activating group) is 1. The van der Waals surface area contributed by atoms with Crippen molar-refractivity contribution in [1.29, 1.82) is 0 Å². The Labute approximate surface area is 156 Å². The van der Waals surface area contributed by atoms with Crippen LogP contribution in [0.4, 0.5) is 23.7 Å². The number of nitrogens with one attached hydrogen (secondary N) is 2. The number of imide groups is 2. The summed E-state index contributed by atoms with van der Waals surface area (Å²) in [6.45, 7) is -2.53. The van der Waals surface area contributed by atoms with Crippen LogP contribution in [0.3, 0.4) is 0 Å². The quantitative estimate of drug-likeness (QED) is 0.517. The van der Waals surface area contributed by atoms with E-state index in [0.717, 1.165) is 0 Å². The zero-order chi connectivity index (χ0) is 20.4. The highest BCUT2D eigenvalue weighted by atomic mass is 35.5. The first-order chi connectivity index (χ1) is 12.5. The standard InChI is InChI=1S/C15H14ClF3N4O4/c1-21(6-11(24)20-10-5-3-2-4-9(10)16)8-23-13(26)12(25)22(14(23)27)7-15(17,18)19/h2-5H,6-8H2,1H3,(H,20,24)/p+1. The van der Waals surface area contributed by atoms with Gasteiger partial charge in [0.05, 0.1) is 17.8 Å². The zero-order valence-corrected chi connectivity index (χ0v) is 14.7. The van der Waals surface area contributed by atoms with Crippen LogP contribution in [0.1, 0.15) is 0 Å². The van der Waals surface area contributed by atoms with Crippen LogP contribution in [0.15, 0.2) is 24.3 Å². The summed E-state index contributed by atoms with van der Waals surface area (Å²) in [5.41, 5.74) is 0.358. The van der Waals surface area contributed by atoms with E-state index in [0.29, 0.717) is 20.5 Å². The summed E-state index contributed by atoms with van der Waals surface area (Å²) in [5.74, 6) is -3.42. The molecule has 1 saturated heterocycles. The summed E-state index contributed by atoms with van der Waals surface area (Å²) in [5, 5.41) is 2.84. The molecule has 0 aliphatic carbocycles. The molecule has 12 heteroatoms. The fourth-order valence-corrected chi connectivity index (χ4v) is 2.55. The fourth-order valence-electron chi connectivity index (χ4n) is 2.37. The van der Waals surface area contributed by atoms with Crippen LogP contribution in [0.25, 0.3) is 0 Å². The summed E-state index contributed by atoms with van der Waals surface area (Å²) in [6, 6.07) is 5.09. The number of hydrogen-bond donors (Lipinski definition) is 2. The van der Waals surface area contributed by atoms with Crippen molar-refractivity contribution in [2.24, 2.45) is 0 Å². The number of halogens is 4. The third kappa shape index (κ3) is 5.17. The maximum atomic E-state index is 12.4. The topological polar surface area (TPSA) is 91.2 Å². The molecule has 1 aromatic rings. The molecule has 1 fully saturated rings. The maximum Gasteiger partial charge on any atom is 0.406 e. The third-order valence-corrected chi connectivity index (χ3v) is 3.84. The Morgan fingerprint density at radius 1 is 1.15 bits per heavy atom. The minimum atomic E-state index is -4.82. The number of quaternary nitrogens is 1. The number of carbonyl (C=O) groups is 4. The highest BCUT2D eigenvalue weighted by molar-refractivity contribution is 6.44. The minimum absolute atomic E-state index is 0.167. The maximum absolute atomic E-state index is 12.4. The van der Waals surface area contributed by atoms with Crippen LogP contribution < -0.4 is 10.2 Å². The van der Waals surface area contributed by atoms with E-state index in [1.54, 1.807) is 24.3 Å². The second-order valence-corrected chi connectivity index (χ2v) is 6.25. The predicted molar refractivity (Wildman–Crippen MR) is 86.7 cm³/mol. The van der Waals surface area contributed by atoms with Gasteiger partial charge in [-0.25, -0.2) is 14.6 Å². The largest absolute Gasteiger partial charge is 0.406 e. The Balaban J connectivity index is 1.96. The number of amides is 5. The second-order valence-electron chi connectivity index (χ2n) is 5.84. The first-order valence-corrected chi connectivity index (χ1v) is 7.97. The number of carbonyl (C=O) groups excluding carboxylic acids is 4. The van der Waals surface area contributed by atoms with Crippen molar-refractivity contribution < 1.29 is 37.2 Å². The van der Waals surface area contributed by atoms with Crippen LogP contribution in [0.5, 0.6) is 0 Å². The Morgan fingerprint density at radius 2 is 1.74 bits per heavy atom. The number of anilines is 1. The molecule has 2 rings (SSSR count). The summed E-state index contributed by atoms with van der Waals surface area (Å²) in [6.07, 6.45) is -4.82. The highest BCUT2D eigenvalue weighted by Crippen LogP contribution is 2.21. The highest BCUT2D eigenvalue weighted by Gasteiger charge is 2.49. The van der Waals surface area contributed by atoms with Crippen LogP contribution in [-0.4, -0.2) is 66.5 Å². The molecule has 5 amide bonds. The van der Waals surface area contributed by atoms with Gasteiger partial charge in [0.2, 0.25) is 0 Å². The molecule has 1 heterocycles. The van der Waals surface area contributed by atoms with E-state index >= 15 is 0 Å². The van der Waals surface area contributed by atoms with Gasteiger partial charge in [-0.3, -0.25) is 14.4 Å². The molecular weight excluding hydrogens is 393 g/mol. The van der Waals surface area contributed by atoms with Gasteiger partial charge in [-0.15, -0.1) is 0 Å². The van der Waals surface area contributed by atoms with Gasteiger partial charge < -0.3 is 10.2 Å². The van der Waals surface area contributed by atoms with E-state index < -0.39 is 43.1 Å². The van der Waals surface area contributed by atoms with Crippen molar-refractivity contribution in [3.63, 3.8) is 0 Å². The number of benzene rings is 1. The smallest absolute Gasteiger partial charge is 0.320 e. The molecule has 27 heavy (non-hydrogen) atoms. The predicted octanol–water partition coefficient (Wildman–Crippen LogP) is 0.104. The number of nitrogens with zero attached hydrogens (tertiary/aromatic N) is 2.